The SMILES string of the molecule is Cl.FC(F)(F)C1(Cl)CCNC1. The second-order valence-corrected chi connectivity index (χ2v) is 3.11. The Bertz CT molecular complexity index is 130. The van der Waals surface area contributed by atoms with Crippen LogP contribution in [0.15, 0.2) is 0 Å². The fraction of sp³-hybridized carbons (Fsp3) is 1.00. The van der Waals surface area contributed by atoms with E-state index in [1.807, 2.05) is 0 Å². The molecule has 0 aromatic rings. The lowest BCUT2D eigenvalue weighted by Gasteiger charge is -2.22. The highest BCUT2D eigenvalue weighted by atomic mass is 35.5. The maximum atomic E-state index is 12.0. The van der Waals surface area contributed by atoms with Crippen LogP contribution in [0.4, 0.5) is 13.2 Å². The third-order valence-corrected chi connectivity index (χ3v) is 2.15. The fourth-order valence-corrected chi connectivity index (χ4v) is 1.09. The van der Waals surface area contributed by atoms with Crippen LogP contribution in [-0.2, 0) is 0 Å². The summed E-state index contributed by atoms with van der Waals surface area (Å²) >= 11 is 5.26. The first kappa shape index (κ1) is 11.3. The second-order valence-electron chi connectivity index (χ2n) is 2.39. The molecule has 1 rings (SSSR count). The number of rotatable bonds is 0. The zero-order valence-electron chi connectivity index (χ0n) is 5.54. The van der Waals surface area contributed by atoms with Gasteiger partial charge in [0, 0.05) is 6.54 Å². The Morgan fingerprint density at radius 1 is 1.36 bits per heavy atom. The Labute approximate surface area is 73.7 Å². The van der Waals surface area contributed by atoms with Crippen molar-refractivity contribution < 1.29 is 13.2 Å². The summed E-state index contributed by atoms with van der Waals surface area (Å²) in [6.07, 6.45) is -4.31. The molecule has 1 aliphatic heterocycles. The van der Waals surface area contributed by atoms with Gasteiger partial charge in [-0.25, -0.2) is 0 Å². The lowest BCUT2D eigenvalue weighted by molar-refractivity contribution is -0.157. The summed E-state index contributed by atoms with van der Waals surface area (Å²) in [4.78, 5) is -2.01. The Morgan fingerprint density at radius 3 is 2.09 bits per heavy atom. The maximum absolute atomic E-state index is 12.0. The van der Waals surface area contributed by atoms with Gasteiger partial charge in [-0.2, -0.15) is 13.2 Å². The van der Waals surface area contributed by atoms with Crippen LogP contribution in [0.1, 0.15) is 6.42 Å². The summed E-state index contributed by atoms with van der Waals surface area (Å²) in [7, 11) is 0. The van der Waals surface area contributed by atoms with Gasteiger partial charge in [0.25, 0.3) is 0 Å². The Hall–Kier alpha value is 0.330. The van der Waals surface area contributed by atoms with Crippen molar-refractivity contribution >= 4 is 24.0 Å². The van der Waals surface area contributed by atoms with Crippen molar-refractivity contribution in [2.24, 2.45) is 0 Å². The molecular formula is C5H8Cl2F3N. The minimum absolute atomic E-state index is 0. The molecule has 1 N–H and O–H groups in total. The quantitative estimate of drug-likeness (QED) is 0.602. The van der Waals surface area contributed by atoms with Crippen LogP contribution in [0.5, 0.6) is 0 Å². The van der Waals surface area contributed by atoms with Crippen LogP contribution in [0.2, 0.25) is 0 Å². The lowest BCUT2D eigenvalue weighted by Crippen LogP contribution is -2.41. The first-order valence-corrected chi connectivity index (χ1v) is 3.30. The minimum atomic E-state index is -4.28. The van der Waals surface area contributed by atoms with E-state index in [1.54, 1.807) is 0 Å². The van der Waals surface area contributed by atoms with Crippen molar-refractivity contribution in [2.75, 3.05) is 13.1 Å². The van der Waals surface area contributed by atoms with Crippen molar-refractivity contribution in [3.63, 3.8) is 0 Å². The van der Waals surface area contributed by atoms with Crippen molar-refractivity contribution in [3.05, 3.63) is 0 Å². The predicted octanol–water partition coefficient (Wildman–Crippen LogP) is 1.94. The molecule has 1 saturated heterocycles. The summed E-state index contributed by atoms with van der Waals surface area (Å²) in [5.74, 6) is 0. The van der Waals surface area contributed by atoms with Gasteiger partial charge in [-0.3, -0.25) is 0 Å². The Kier molecular flexibility index (Phi) is 3.47. The molecule has 68 valence electrons. The van der Waals surface area contributed by atoms with Crippen molar-refractivity contribution in [1.82, 2.24) is 5.32 Å². The normalized spacial score (nSPS) is 31.6. The van der Waals surface area contributed by atoms with Crippen molar-refractivity contribution in [3.8, 4) is 0 Å². The highest BCUT2D eigenvalue weighted by Crippen LogP contribution is 2.40. The molecule has 1 aliphatic rings. The molecule has 1 atom stereocenters. The van der Waals surface area contributed by atoms with Gasteiger partial charge in [0.1, 0.15) is 0 Å². The molecule has 1 heterocycles. The van der Waals surface area contributed by atoms with E-state index in [0.29, 0.717) is 6.54 Å². The van der Waals surface area contributed by atoms with Crippen LogP contribution in [0.3, 0.4) is 0 Å². The number of alkyl halides is 4. The van der Waals surface area contributed by atoms with Crippen LogP contribution >= 0.6 is 24.0 Å². The van der Waals surface area contributed by atoms with E-state index < -0.39 is 11.1 Å². The molecule has 1 fully saturated rings. The van der Waals surface area contributed by atoms with E-state index in [4.69, 9.17) is 11.6 Å². The third kappa shape index (κ3) is 2.13. The summed E-state index contributed by atoms with van der Waals surface area (Å²) in [5, 5.41) is 2.57. The van der Waals surface area contributed by atoms with Gasteiger partial charge < -0.3 is 5.32 Å². The second kappa shape index (κ2) is 3.37. The third-order valence-electron chi connectivity index (χ3n) is 1.61. The molecule has 0 saturated carbocycles. The molecule has 11 heavy (non-hydrogen) atoms. The Balaban J connectivity index is 0.000001000. The lowest BCUT2D eigenvalue weighted by atomic mass is 10.1. The van der Waals surface area contributed by atoms with Gasteiger partial charge in [-0.05, 0) is 13.0 Å². The van der Waals surface area contributed by atoms with Crippen LogP contribution in [-0.4, -0.2) is 24.1 Å². The molecule has 0 radical (unpaired) electrons. The number of nitrogens with one attached hydrogen (secondary N) is 1. The minimum Gasteiger partial charge on any atom is -0.315 e. The predicted molar refractivity (Wildman–Crippen MR) is 39.4 cm³/mol. The molecule has 0 bridgehead atoms. The standard InChI is InChI=1S/C5H7ClF3N.ClH/c6-4(5(7,8)9)1-2-10-3-4;/h10H,1-3H2;1H. The van der Waals surface area contributed by atoms with Gasteiger partial charge in [0.05, 0.1) is 0 Å². The van der Waals surface area contributed by atoms with E-state index in [0.717, 1.165) is 0 Å². The van der Waals surface area contributed by atoms with Gasteiger partial charge in [-0.15, -0.1) is 24.0 Å². The van der Waals surface area contributed by atoms with Crippen LogP contribution in [0.25, 0.3) is 0 Å². The van der Waals surface area contributed by atoms with Crippen LogP contribution < -0.4 is 5.32 Å². The van der Waals surface area contributed by atoms with E-state index >= 15 is 0 Å². The topological polar surface area (TPSA) is 12.0 Å². The van der Waals surface area contributed by atoms with E-state index in [2.05, 4.69) is 5.32 Å². The summed E-state index contributed by atoms with van der Waals surface area (Å²) < 4.78 is 35.9. The average Bonchev–Trinajstić information content (AvgIpc) is 2.13. The number of halogens is 5. The monoisotopic (exact) mass is 209 g/mol. The summed E-state index contributed by atoms with van der Waals surface area (Å²) in [6, 6.07) is 0. The molecule has 0 amide bonds. The van der Waals surface area contributed by atoms with Crippen LogP contribution in [0, 0.1) is 0 Å². The van der Waals surface area contributed by atoms with Gasteiger partial charge in [-0.1, -0.05) is 0 Å². The molecule has 0 aliphatic carbocycles. The summed E-state index contributed by atoms with van der Waals surface area (Å²) in [6.45, 7) is 0.182. The molecule has 0 aromatic carbocycles. The highest BCUT2D eigenvalue weighted by molar-refractivity contribution is 6.25. The zero-order valence-corrected chi connectivity index (χ0v) is 7.11. The molecule has 1 unspecified atom stereocenters. The van der Waals surface area contributed by atoms with Gasteiger partial charge in [0.15, 0.2) is 4.87 Å². The number of hydrogen-bond acceptors (Lipinski definition) is 1. The van der Waals surface area contributed by atoms with Crippen molar-refractivity contribution in [1.29, 1.82) is 0 Å². The summed E-state index contributed by atoms with van der Waals surface area (Å²) in [5.41, 5.74) is 0. The van der Waals surface area contributed by atoms with E-state index in [-0.39, 0.29) is 25.4 Å². The first-order chi connectivity index (χ1) is 4.46. The molecule has 0 spiro atoms. The first-order valence-electron chi connectivity index (χ1n) is 2.92. The van der Waals surface area contributed by atoms with E-state index in [1.165, 1.54) is 0 Å². The molecule has 1 nitrogen and oxygen atoms in total. The largest absolute Gasteiger partial charge is 0.408 e. The molecule has 0 aromatic heterocycles. The van der Waals surface area contributed by atoms with Gasteiger partial charge >= 0.3 is 6.18 Å². The van der Waals surface area contributed by atoms with Gasteiger partial charge in [0.2, 0.25) is 0 Å². The molecule has 6 heteroatoms. The molecular weight excluding hydrogens is 202 g/mol. The maximum Gasteiger partial charge on any atom is 0.408 e. The van der Waals surface area contributed by atoms with E-state index in [9.17, 15) is 13.2 Å². The highest BCUT2D eigenvalue weighted by Gasteiger charge is 2.54. The Morgan fingerprint density at radius 2 is 1.91 bits per heavy atom. The smallest absolute Gasteiger partial charge is 0.315 e. The number of hydrogen-bond donors (Lipinski definition) is 1. The fourth-order valence-electron chi connectivity index (χ4n) is 0.903. The average molecular weight is 210 g/mol. The zero-order chi connectivity index (χ0) is 7.83. The van der Waals surface area contributed by atoms with Crippen molar-refractivity contribution in [2.45, 2.75) is 17.5 Å².